The number of esters is 3. The number of ether oxygens (including phenoxy) is 3. The lowest BCUT2D eigenvalue weighted by molar-refractivity contribution is -0.161. The third kappa shape index (κ3) is 105. The predicted octanol–water partition coefficient (Wildman–Crippen LogP) is 33.7. The van der Waals surface area contributed by atoms with Crippen LogP contribution < -0.4 is 0 Å². The van der Waals surface area contributed by atoms with Crippen molar-refractivity contribution in [3.8, 4) is 0 Å². The van der Waals surface area contributed by atoms with Crippen LogP contribution in [-0.2, 0) is 55.8 Å². The molecule has 0 aliphatic carbocycles. The lowest BCUT2D eigenvalue weighted by atomic mass is 10.0. The second-order valence-corrected chi connectivity index (χ2v) is 37.8. The number of carbonyl (C=O) groups is 3. The summed E-state index contributed by atoms with van der Waals surface area (Å²) in [4.78, 5) is 59.3. The number of aliphatic hydroxyl groups is 2. The fourth-order valence-corrected chi connectivity index (χ4v) is 16.0. The Morgan fingerprint density at radius 1 is 0.221 bits per heavy atom. The van der Waals surface area contributed by atoms with E-state index in [2.05, 4.69) is 215 Å². The van der Waals surface area contributed by atoms with Gasteiger partial charge in [0.2, 0.25) is 0 Å². The van der Waals surface area contributed by atoms with Crippen molar-refractivity contribution in [3.05, 3.63) is 194 Å². The standard InChI is InChI=1S/C113H192O16P2/c1-4-7-10-13-16-19-22-25-28-31-34-37-40-43-46-49-52-53-56-58-60-63-66-69-72-75-78-81-84-87-90-93-96-99-111(116)123-102-108(114)103-125-130(119,120)126-104-109(115)105-127-131(121,122)128-107-110(129-113(118)101-98-95-92-89-86-83-80-77-74-71-68-65-62-59-55-51-48-45-42-39-36-33-30-27-24-21-18-15-12-9-6-3)106-124-112(117)100-97-94-91-88-85-82-79-76-73-70-67-64-61-57-54-50-47-44-41-38-35-32-29-26-23-20-17-14-11-8-5-2/h8-9,11-12,16-21,25-30,34-39,43-48,54-55,57,59,108-110,114-115H,4-7,10,13-15,22-24,31-33,40-42,49-53,56,58,60-107H2,1-3H3,(H,119,120)(H,121,122)/b11-8-,12-9-,19-16-,20-17-,21-18-,28-25-,29-26-,30-27-,37-34-,38-35-,39-36-,46-43-,47-44-,48-45-,57-54-,59-55-. The van der Waals surface area contributed by atoms with Crippen LogP contribution in [0.5, 0.6) is 0 Å². The van der Waals surface area contributed by atoms with Crippen LogP contribution in [0.4, 0.5) is 0 Å². The fourth-order valence-electron chi connectivity index (χ4n) is 14.4. The fraction of sp³-hybridized carbons (Fsp3) is 0.690. The molecule has 0 aliphatic heterocycles. The van der Waals surface area contributed by atoms with E-state index >= 15 is 0 Å². The van der Waals surface area contributed by atoms with Gasteiger partial charge < -0.3 is 34.2 Å². The van der Waals surface area contributed by atoms with Crippen molar-refractivity contribution >= 4 is 33.6 Å². The molecule has 0 amide bonds. The second-order valence-electron chi connectivity index (χ2n) is 34.9. The first-order valence-electron chi connectivity index (χ1n) is 52.7. The largest absolute Gasteiger partial charge is 0.472 e. The van der Waals surface area contributed by atoms with Gasteiger partial charge in [-0.25, -0.2) is 9.13 Å². The first-order valence-corrected chi connectivity index (χ1v) is 55.7. The smallest absolute Gasteiger partial charge is 0.463 e. The lowest BCUT2D eigenvalue weighted by Gasteiger charge is -2.21. The van der Waals surface area contributed by atoms with Crippen LogP contribution in [0.3, 0.4) is 0 Å². The van der Waals surface area contributed by atoms with Crippen molar-refractivity contribution in [3.63, 3.8) is 0 Å². The molecule has 0 aromatic heterocycles. The van der Waals surface area contributed by atoms with Crippen LogP contribution in [0.2, 0.25) is 0 Å². The molecule has 0 saturated carbocycles. The molecule has 0 fully saturated rings. The topological polar surface area (TPSA) is 231 Å². The van der Waals surface area contributed by atoms with Gasteiger partial charge in [0.25, 0.3) is 0 Å². The minimum Gasteiger partial charge on any atom is -0.463 e. The summed E-state index contributed by atoms with van der Waals surface area (Å²) in [5.41, 5.74) is 0. The van der Waals surface area contributed by atoms with Gasteiger partial charge in [-0.15, -0.1) is 0 Å². The van der Waals surface area contributed by atoms with Crippen molar-refractivity contribution in [1.29, 1.82) is 0 Å². The van der Waals surface area contributed by atoms with Gasteiger partial charge in [0.15, 0.2) is 6.10 Å². The highest BCUT2D eigenvalue weighted by atomic mass is 31.2. The van der Waals surface area contributed by atoms with Crippen LogP contribution >= 0.6 is 15.6 Å². The molecule has 0 aliphatic rings. The molecule has 5 unspecified atom stereocenters. The van der Waals surface area contributed by atoms with E-state index in [0.717, 1.165) is 180 Å². The molecule has 18 heteroatoms. The monoisotopic (exact) mass is 1870 g/mol. The SMILES string of the molecule is CC/C=C\C/C=C\C/C=C\C/C=C\C/C=C\C/C=C\CCCCCCCCCCCCCCC(=O)OCC(COP(=O)(O)OCC(O)COP(=O)(O)OCC(O)COC(=O)CCCCCCCCCCCCCCCCCCC/C=C\C/C=C\C/C=C\C/C=C\CCCCC)OC(=O)CCCCCCCCCCCCCC/C=C\C/C=C\C/C=C\C/C=C\C/C=C\C/C=C\CC. The molecule has 16 nitrogen and oxygen atoms in total. The summed E-state index contributed by atoms with van der Waals surface area (Å²) >= 11 is 0. The van der Waals surface area contributed by atoms with Gasteiger partial charge in [0, 0.05) is 19.3 Å². The number of carbonyl (C=O) groups excluding carboxylic acids is 3. The summed E-state index contributed by atoms with van der Waals surface area (Å²) in [6.45, 7) is 2.49. The molecule has 0 aromatic carbocycles. The Morgan fingerprint density at radius 3 is 0.641 bits per heavy atom. The minimum atomic E-state index is -4.95. The zero-order valence-corrected chi connectivity index (χ0v) is 85.0. The van der Waals surface area contributed by atoms with E-state index < -0.39 is 91.5 Å². The van der Waals surface area contributed by atoms with Crippen LogP contribution in [0.25, 0.3) is 0 Å². The number of phosphoric acid groups is 2. The maximum atomic E-state index is 13.1. The Hall–Kier alpha value is -5.61. The van der Waals surface area contributed by atoms with Crippen molar-refractivity contribution in [2.24, 2.45) is 0 Å². The average molecular weight is 1870 g/mol. The number of unbranched alkanes of at least 4 members (excludes halogenated alkanes) is 44. The molecule has 0 radical (unpaired) electrons. The highest BCUT2D eigenvalue weighted by molar-refractivity contribution is 7.47. The molecule has 0 saturated heterocycles. The summed E-state index contributed by atoms with van der Waals surface area (Å²) in [5.74, 6) is -1.57. The average Bonchev–Trinajstić information content (AvgIpc) is 0.896. The number of allylic oxidation sites excluding steroid dienone is 32. The summed E-state index contributed by atoms with van der Waals surface area (Å²) in [7, 11) is -9.83. The molecule has 0 bridgehead atoms. The minimum absolute atomic E-state index is 0.0961. The number of hydrogen-bond donors (Lipinski definition) is 4. The molecular formula is C113H192O16P2. The van der Waals surface area contributed by atoms with Crippen LogP contribution in [-0.4, -0.2) is 95.9 Å². The Morgan fingerprint density at radius 2 is 0.405 bits per heavy atom. The summed E-state index contributed by atoms with van der Waals surface area (Å²) in [6.07, 6.45) is 139. The first kappa shape index (κ1) is 125. The number of rotatable bonds is 99. The summed E-state index contributed by atoms with van der Waals surface area (Å²) in [5, 5.41) is 20.8. The van der Waals surface area contributed by atoms with Crippen LogP contribution in [0, 0.1) is 0 Å². The van der Waals surface area contributed by atoms with Gasteiger partial charge in [-0.05, 0) is 167 Å². The maximum Gasteiger partial charge on any atom is 0.472 e. The van der Waals surface area contributed by atoms with E-state index in [1.165, 1.54) is 205 Å². The van der Waals surface area contributed by atoms with Crippen LogP contribution in [0.1, 0.15) is 445 Å². The van der Waals surface area contributed by atoms with E-state index in [4.69, 9.17) is 32.3 Å². The van der Waals surface area contributed by atoms with Crippen molar-refractivity contribution in [1.82, 2.24) is 0 Å². The first-order chi connectivity index (χ1) is 64.2. The molecule has 0 spiro atoms. The normalized spacial score (nSPS) is 14.4. The van der Waals surface area contributed by atoms with Crippen molar-refractivity contribution in [2.75, 3.05) is 39.6 Å². The van der Waals surface area contributed by atoms with E-state index in [-0.39, 0.29) is 19.3 Å². The van der Waals surface area contributed by atoms with Crippen molar-refractivity contribution < 1.29 is 75.8 Å². The van der Waals surface area contributed by atoms with E-state index in [0.29, 0.717) is 19.3 Å². The van der Waals surface area contributed by atoms with Gasteiger partial charge in [0.1, 0.15) is 25.4 Å². The molecule has 0 heterocycles. The van der Waals surface area contributed by atoms with E-state index in [9.17, 15) is 43.5 Å². The van der Waals surface area contributed by atoms with Crippen molar-refractivity contribution in [2.45, 2.75) is 463 Å². The Balaban J connectivity index is 4.64. The molecule has 4 N–H and O–H groups in total. The highest BCUT2D eigenvalue weighted by Crippen LogP contribution is 2.45. The van der Waals surface area contributed by atoms with E-state index in [1.54, 1.807) is 0 Å². The van der Waals surface area contributed by atoms with Gasteiger partial charge >= 0.3 is 33.6 Å². The van der Waals surface area contributed by atoms with Gasteiger partial charge in [-0.3, -0.25) is 32.5 Å². The number of phosphoric ester groups is 2. The zero-order chi connectivity index (χ0) is 95.0. The molecule has 750 valence electrons. The Kier molecular flexibility index (Phi) is 98.9. The zero-order valence-electron chi connectivity index (χ0n) is 83.2. The third-order valence-electron chi connectivity index (χ3n) is 22.3. The highest BCUT2D eigenvalue weighted by Gasteiger charge is 2.30. The summed E-state index contributed by atoms with van der Waals surface area (Å²) in [6, 6.07) is 0. The van der Waals surface area contributed by atoms with Crippen LogP contribution in [0.15, 0.2) is 194 Å². The predicted molar refractivity (Wildman–Crippen MR) is 555 cm³/mol. The Bertz CT molecular complexity index is 3160. The van der Waals surface area contributed by atoms with Gasteiger partial charge in [-0.1, -0.05) is 453 Å². The summed E-state index contributed by atoms with van der Waals surface area (Å²) < 4.78 is 61.8. The molecule has 131 heavy (non-hydrogen) atoms. The number of aliphatic hydroxyl groups excluding tert-OH is 2. The Labute approximate surface area is 801 Å². The second kappa shape index (κ2) is 103. The van der Waals surface area contributed by atoms with Gasteiger partial charge in [0.05, 0.1) is 26.4 Å². The molecule has 0 aromatic rings. The third-order valence-corrected chi connectivity index (χ3v) is 24.2. The molecule has 0 rings (SSSR count). The van der Waals surface area contributed by atoms with Gasteiger partial charge in [-0.2, -0.15) is 0 Å². The quantitative estimate of drug-likeness (QED) is 0.0146. The lowest BCUT2D eigenvalue weighted by Crippen LogP contribution is -2.30. The van der Waals surface area contributed by atoms with E-state index in [1.807, 2.05) is 0 Å². The maximum absolute atomic E-state index is 13.1. The number of hydrogen-bond acceptors (Lipinski definition) is 14. The molecular weight excluding hydrogens is 1680 g/mol. The molecule has 5 atom stereocenters.